The van der Waals surface area contributed by atoms with Crippen LogP contribution < -0.4 is 10.6 Å². The van der Waals surface area contributed by atoms with Gasteiger partial charge in [0.25, 0.3) is 0 Å². The topological polar surface area (TPSA) is 107 Å². The lowest BCUT2D eigenvalue weighted by atomic mass is 10.1. The Kier molecular flexibility index (Phi) is 6.81. The molecule has 2 aromatic carbocycles. The zero-order chi connectivity index (χ0) is 22.4. The summed E-state index contributed by atoms with van der Waals surface area (Å²) in [6, 6.07) is 12.0. The van der Waals surface area contributed by atoms with Crippen LogP contribution in [0, 0.1) is 0 Å². The highest BCUT2D eigenvalue weighted by atomic mass is 16.5. The smallest absolute Gasteiger partial charge is 0.341 e. The molecule has 0 atom stereocenters. The zero-order valence-electron chi connectivity index (χ0n) is 17.5. The maximum absolute atomic E-state index is 12.6. The van der Waals surface area contributed by atoms with Crippen molar-refractivity contribution in [3.63, 3.8) is 0 Å². The maximum atomic E-state index is 12.6. The third-order valence-electron chi connectivity index (χ3n) is 4.33. The molecule has 0 fully saturated rings. The van der Waals surface area contributed by atoms with Gasteiger partial charge in [0.15, 0.2) is 0 Å². The number of carbonyl (C=O) groups excluding carboxylic acids is 3. The number of aromatic nitrogens is 1. The highest BCUT2D eigenvalue weighted by molar-refractivity contribution is 6.08. The van der Waals surface area contributed by atoms with Crippen LogP contribution in [0.3, 0.4) is 0 Å². The second-order valence-electron chi connectivity index (χ2n) is 6.61. The van der Waals surface area contributed by atoms with Crippen LogP contribution in [0.25, 0.3) is 10.9 Å². The number of amides is 1. The van der Waals surface area contributed by atoms with Crippen molar-refractivity contribution in [2.24, 2.45) is 0 Å². The average molecular weight is 421 g/mol. The number of esters is 2. The molecule has 0 aliphatic rings. The van der Waals surface area contributed by atoms with Gasteiger partial charge in [-0.25, -0.2) is 9.59 Å². The second kappa shape index (κ2) is 9.71. The summed E-state index contributed by atoms with van der Waals surface area (Å²) in [7, 11) is 0. The van der Waals surface area contributed by atoms with E-state index in [1.807, 2.05) is 0 Å². The molecule has 8 nitrogen and oxygen atoms in total. The largest absolute Gasteiger partial charge is 0.462 e. The van der Waals surface area contributed by atoms with E-state index in [9.17, 15) is 14.4 Å². The number of benzene rings is 2. The summed E-state index contributed by atoms with van der Waals surface area (Å²) in [5, 5.41) is 6.50. The monoisotopic (exact) mass is 421 g/mol. The first-order valence-corrected chi connectivity index (χ1v) is 9.84. The SMILES string of the molecule is CCOC(=O)c1ccc2ncc(C(=O)OCC)c(Nc3cccc(NC(C)=O)c3)c2c1. The van der Waals surface area contributed by atoms with Crippen LogP contribution in [0.2, 0.25) is 0 Å². The van der Waals surface area contributed by atoms with Crippen LogP contribution in [0.1, 0.15) is 41.5 Å². The number of pyridine rings is 1. The lowest BCUT2D eigenvalue weighted by Crippen LogP contribution is -2.10. The Bertz CT molecular complexity index is 1140. The van der Waals surface area contributed by atoms with E-state index in [0.717, 1.165) is 0 Å². The Morgan fingerprint density at radius 2 is 1.65 bits per heavy atom. The normalized spacial score (nSPS) is 10.4. The van der Waals surface area contributed by atoms with E-state index < -0.39 is 11.9 Å². The van der Waals surface area contributed by atoms with Crippen LogP contribution in [0.5, 0.6) is 0 Å². The maximum Gasteiger partial charge on any atom is 0.341 e. The zero-order valence-corrected chi connectivity index (χ0v) is 17.5. The van der Waals surface area contributed by atoms with Crippen molar-refractivity contribution < 1.29 is 23.9 Å². The van der Waals surface area contributed by atoms with Crippen molar-refractivity contribution in [2.45, 2.75) is 20.8 Å². The van der Waals surface area contributed by atoms with Gasteiger partial charge < -0.3 is 20.1 Å². The summed E-state index contributed by atoms with van der Waals surface area (Å²) >= 11 is 0. The average Bonchev–Trinajstić information content (AvgIpc) is 2.73. The molecule has 3 rings (SSSR count). The molecule has 0 spiro atoms. The molecule has 31 heavy (non-hydrogen) atoms. The molecule has 0 saturated carbocycles. The van der Waals surface area contributed by atoms with Crippen molar-refractivity contribution in [3.05, 3.63) is 59.8 Å². The molecule has 1 amide bonds. The van der Waals surface area contributed by atoms with Gasteiger partial charge >= 0.3 is 11.9 Å². The number of fused-ring (bicyclic) bond motifs is 1. The highest BCUT2D eigenvalue weighted by Gasteiger charge is 2.19. The molecule has 3 aromatic rings. The Morgan fingerprint density at radius 3 is 2.35 bits per heavy atom. The number of anilines is 3. The summed E-state index contributed by atoms with van der Waals surface area (Å²) in [6.07, 6.45) is 1.43. The number of rotatable bonds is 7. The first-order valence-electron chi connectivity index (χ1n) is 9.84. The third kappa shape index (κ3) is 5.16. The summed E-state index contributed by atoms with van der Waals surface area (Å²) < 4.78 is 10.3. The number of hydrogen-bond acceptors (Lipinski definition) is 7. The van der Waals surface area contributed by atoms with Crippen molar-refractivity contribution in [3.8, 4) is 0 Å². The summed E-state index contributed by atoms with van der Waals surface area (Å²) in [4.78, 5) is 40.5. The summed E-state index contributed by atoms with van der Waals surface area (Å²) in [5.74, 6) is -1.21. The molecular formula is C23H23N3O5. The van der Waals surface area contributed by atoms with Crippen LogP contribution in [0.15, 0.2) is 48.7 Å². The highest BCUT2D eigenvalue weighted by Crippen LogP contribution is 2.31. The fourth-order valence-electron chi connectivity index (χ4n) is 3.05. The van der Waals surface area contributed by atoms with Crippen LogP contribution >= 0.6 is 0 Å². The Balaban J connectivity index is 2.13. The summed E-state index contributed by atoms with van der Waals surface area (Å²) in [5.41, 5.74) is 2.82. The van der Waals surface area contributed by atoms with E-state index in [2.05, 4.69) is 15.6 Å². The van der Waals surface area contributed by atoms with Gasteiger partial charge in [-0.1, -0.05) is 6.07 Å². The van der Waals surface area contributed by atoms with Crippen molar-refractivity contribution in [1.82, 2.24) is 4.98 Å². The van der Waals surface area contributed by atoms with E-state index in [0.29, 0.717) is 33.5 Å². The predicted molar refractivity (Wildman–Crippen MR) is 118 cm³/mol. The number of nitrogens with zero attached hydrogens (tertiary/aromatic N) is 1. The molecule has 2 N–H and O–H groups in total. The molecule has 0 aliphatic heterocycles. The van der Waals surface area contributed by atoms with E-state index in [1.54, 1.807) is 56.3 Å². The van der Waals surface area contributed by atoms with Gasteiger partial charge in [-0.05, 0) is 50.2 Å². The Labute approximate surface area is 179 Å². The van der Waals surface area contributed by atoms with E-state index in [1.165, 1.54) is 13.1 Å². The van der Waals surface area contributed by atoms with E-state index >= 15 is 0 Å². The molecule has 8 heteroatoms. The second-order valence-corrected chi connectivity index (χ2v) is 6.61. The molecule has 0 bridgehead atoms. The fourth-order valence-corrected chi connectivity index (χ4v) is 3.05. The van der Waals surface area contributed by atoms with Crippen molar-refractivity contribution in [1.29, 1.82) is 0 Å². The number of nitrogens with one attached hydrogen (secondary N) is 2. The number of carbonyl (C=O) groups is 3. The first-order chi connectivity index (χ1) is 14.9. The molecule has 0 aliphatic carbocycles. The van der Waals surface area contributed by atoms with Gasteiger partial charge in [0.05, 0.1) is 30.0 Å². The van der Waals surface area contributed by atoms with E-state index in [4.69, 9.17) is 9.47 Å². The first kappa shape index (κ1) is 21.8. The molecule has 160 valence electrons. The Morgan fingerprint density at radius 1 is 0.935 bits per heavy atom. The predicted octanol–water partition coefficient (Wildman–Crippen LogP) is 4.29. The lowest BCUT2D eigenvalue weighted by molar-refractivity contribution is -0.114. The quantitative estimate of drug-likeness (QED) is 0.548. The Hall–Kier alpha value is -3.94. The van der Waals surface area contributed by atoms with Crippen LogP contribution in [0.4, 0.5) is 17.1 Å². The van der Waals surface area contributed by atoms with Gasteiger partial charge in [-0.2, -0.15) is 0 Å². The van der Waals surface area contributed by atoms with Gasteiger partial charge in [0, 0.05) is 29.9 Å². The number of ether oxygens (including phenoxy) is 2. The molecular weight excluding hydrogens is 398 g/mol. The third-order valence-corrected chi connectivity index (χ3v) is 4.33. The lowest BCUT2D eigenvalue weighted by Gasteiger charge is -2.15. The minimum absolute atomic E-state index is 0.196. The van der Waals surface area contributed by atoms with Gasteiger partial charge in [0.2, 0.25) is 5.91 Å². The number of hydrogen-bond donors (Lipinski definition) is 2. The van der Waals surface area contributed by atoms with Crippen LogP contribution in [-0.2, 0) is 14.3 Å². The van der Waals surface area contributed by atoms with Crippen molar-refractivity contribution in [2.75, 3.05) is 23.8 Å². The standard InChI is InChI=1S/C23H23N3O5/c1-4-30-22(28)15-9-10-20-18(11-15)21(19(13-24-20)23(29)31-5-2)26-17-8-6-7-16(12-17)25-14(3)27/h6-13H,4-5H2,1-3H3,(H,24,26)(H,25,27). The molecule has 1 aromatic heterocycles. The molecule has 0 unspecified atom stereocenters. The fraction of sp³-hybridized carbons (Fsp3) is 0.217. The van der Waals surface area contributed by atoms with Crippen molar-refractivity contribution >= 4 is 45.8 Å². The van der Waals surface area contributed by atoms with E-state index in [-0.39, 0.29) is 24.7 Å². The van der Waals surface area contributed by atoms with Crippen LogP contribution in [-0.4, -0.2) is 36.0 Å². The minimum atomic E-state index is -0.543. The summed E-state index contributed by atoms with van der Waals surface area (Å²) in [6.45, 7) is 5.33. The van der Waals surface area contributed by atoms with Gasteiger partial charge in [-0.3, -0.25) is 9.78 Å². The molecule has 0 radical (unpaired) electrons. The van der Waals surface area contributed by atoms with Gasteiger partial charge in [0.1, 0.15) is 5.56 Å². The minimum Gasteiger partial charge on any atom is -0.462 e. The molecule has 0 saturated heterocycles. The van der Waals surface area contributed by atoms with Gasteiger partial charge in [-0.15, -0.1) is 0 Å². The molecule has 1 heterocycles.